The van der Waals surface area contributed by atoms with Crippen molar-refractivity contribution in [2.45, 2.75) is 18.9 Å². The third-order valence-electron chi connectivity index (χ3n) is 3.86. The number of fused-ring (bicyclic) bond motifs is 1. The number of rotatable bonds is 6. The van der Waals surface area contributed by atoms with Gasteiger partial charge in [0.1, 0.15) is 16.8 Å². The molecule has 0 bridgehead atoms. The lowest BCUT2D eigenvalue weighted by atomic mass is 10.1. The quantitative estimate of drug-likeness (QED) is 0.638. The first-order chi connectivity index (χ1) is 13.1. The molecule has 0 aliphatic rings. The van der Waals surface area contributed by atoms with Gasteiger partial charge in [-0.3, -0.25) is 4.79 Å². The first kappa shape index (κ1) is 18.7. The lowest BCUT2D eigenvalue weighted by molar-refractivity contribution is -0.113. The number of hydrogen-bond donors (Lipinski definition) is 1. The second-order valence-electron chi connectivity index (χ2n) is 5.94. The SMILES string of the molecule is CCOc1ccc2cc(C#N)c(SCC(=O)Nc3ccc(C)cc3)nc2c1. The minimum absolute atomic E-state index is 0.141. The first-order valence-corrected chi connectivity index (χ1v) is 9.54. The van der Waals surface area contributed by atoms with Gasteiger partial charge >= 0.3 is 0 Å². The summed E-state index contributed by atoms with van der Waals surface area (Å²) in [6, 6.07) is 17.1. The summed E-state index contributed by atoms with van der Waals surface area (Å²) in [5, 5.41) is 13.7. The average molecular weight is 377 g/mol. The Hall–Kier alpha value is -3.04. The van der Waals surface area contributed by atoms with Crippen LogP contribution < -0.4 is 10.1 Å². The van der Waals surface area contributed by atoms with E-state index in [4.69, 9.17) is 4.74 Å². The van der Waals surface area contributed by atoms with Gasteiger partial charge in [0.15, 0.2) is 0 Å². The van der Waals surface area contributed by atoms with Crippen molar-refractivity contribution in [3.63, 3.8) is 0 Å². The lowest BCUT2D eigenvalue weighted by Crippen LogP contribution is -2.14. The van der Waals surface area contributed by atoms with Gasteiger partial charge in [-0.05, 0) is 44.2 Å². The predicted octanol–water partition coefficient (Wildman–Crippen LogP) is 4.54. The third-order valence-corrected chi connectivity index (χ3v) is 4.85. The van der Waals surface area contributed by atoms with Crippen molar-refractivity contribution in [2.75, 3.05) is 17.7 Å². The smallest absolute Gasteiger partial charge is 0.234 e. The maximum absolute atomic E-state index is 12.2. The number of hydrogen-bond acceptors (Lipinski definition) is 5. The Morgan fingerprint density at radius 1 is 1.22 bits per heavy atom. The highest BCUT2D eigenvalue weighted by molar-refractivity contribution is 8.00. The van der Waals surface area contributed by atoms with Crippen molar-refractivity contribution in [1.29, 1.82) is 5.26 Å². The lowest BCUT2D eigenvalue weighted by Gasteiger charge is -2.08. The van der Waals surface area contributed by atoms with E-state index in [1.165, 1.54) is 11.8 Å². The molecule has 6 heteroatoms. The van der Waals surface area contributed by atoms with Crippen LogP contribution in [-0.4, -0.2) is 23.3 Å². The summed E-state index contributed by atoms with van der Waals surface area (Å²) in [6.45, 7) is 4.49. The van der Waals surface area contributed by atoms with Crippen molar-refractivity contribution in [3.8, 4) is 11.8 Å². The Balaban J connectivity index is 1.75. The zero-order valence-corrected chi connectivity index (χ0v) is 16.0. The van der Waals surface area contributed by atoms with Crippen LogP contribution in [0.5, 0.6) is 5.75 Å². The van der Waals surface area contributed by atoms with E-state index >= 15 is 0 Å². The number of aromatic nitrogens is 1. The van der Waals surface area contributed by atoms with E-state index in [1.54, 1.807) is 6.07 Å². The van der Waals surface area contributed by atoms with Gasteiger partial charge in [-0.2, -0.15) is 5.26 Å². The molecule has 1 heterocycles. The third kappa shape index (κ3) is 4.78. The number of anilines is 1. The molecule has 0 unspecified atom stereocenters. The van der Waals surface area contributed by atoms with Crippen LogP contribution in [0.4, 0.5) is 5.69 Å². The van der Waals surface area contributed by atoms with Gasteiger partial charge in [0.05, 0.1) is 23.4 Å². The monoisotopic (exact) mass is 377 g/mol. The molecule has 0 aliphatic heterocycles. The minimum atomic E-state index is -0.141. The maximum Gasteiger partial charge on any atom is 0.234 e. The summed E-state index contributed by atoms with van der Waals surface area (Å²) in [4.78, 5) is 16.8. The van der Waals surface area contributed by atoms with Gasteiger partial charge in [0.25, 0.3) is 0 Å². The van der Waals surface area contributed by atoms with Crippen LogP contribution in [-0.2, 0) is 4.79 Å². The second-order valence-corrected chi connectivity index (χ2v) is 6.91. The van der Waals surface area contributed by atoms with Crippen molar-refractivity contribution in [3.05, 3.63) is 59.7 Å². The summed E-state index contributed by atoms with van der Waals surface area (Å²) < 4.78 is 5.51. The molecule has 5 nitrogen and oxygen atoms in total. The van der Waals surface area contributed by atoms with Crippen LogP contribution in [0.15, 0.2) is 53.6 Å². The largest absolute Gasteiger partial charge is 0.494 e. The van der Waals surface area contributed by atoms with E-state index in [-0.39, 0.29) is 11.7 Å². The summed E-state index contributed by atoms with van der Waals surface area (Å²) in [6.07, 6.45) is 0. The van der Waals surface area contributed by atoms with Crippen LogP contribution in [0, 0.1) is 18.3 Å². The number of carbonyl (C=O) groups excluding carboxylic acids is 1. The summed E-state index contributed by atoms with van der Waals surface area (Å²) in [7, 11) is 0. The molecule has 0 radical (unpaired) electrons. The zero-order chi connectivity index (χ0) is 19.2. The molecule has 3 rings (SSSR count). The molecule has 3 aromatic rings. The summed E-state index contributed by atoms with van der Waals surface area (Å²) in [5.41, 5.74) is 3.08. The fourth-order valence-corrected chi connectivity index (χ4v) is 3.31. The number of benzene rings is 2. The number of nitrogens with one attached hydrogen (secondary N) is 1. The van der Waals surface area contributed by atoms with Crippen LogP contribution in [0.1, 0.15) is 18.1 Å². The van der Waals surface area contributed by atoms with Gasteiger partial charge in [0.2, 0.25) is 5.91 Å². The molecular formula is C21H19N3O2S. The van der Waals surface area contributed by atoms with Crippen molar-refractivity contribution in [1.82, 2.24) is 4.98 Å². The first-order valence-electron chi connectivity index (χ1n) is 8.56. The second kappa shape index (κ2) is 8.56. The molecule has 1 aromatic heterocycles. The molecule has 0 saturated carbocycles. The normalized spacial score (nSPS) is 10.4. The zero-order valence-electron chi connectivity index (χ0n) is 15.2. The number of carbonyl (C=O) groups is 1. The van der Waals surface area contributed by atoms with Gasteiger partial charge in [0, 0.05) is 17.1 Å². The number of thioether (sulfide) groups is 1. The predicted molar refractivity (Wildman–Crippen MR) is 108 cm³/mol. The van der Waals surface area contributed by atoms with E-state index in [2.05, 4.69) is 16.4 Å². The van der Waals surface area contributed by atoms with Crippen molar-refractivity contribution < 1.29 is 9.53 Å². The minimum Gasteiger partial charge on any atom is -0.494 e. The fourth-order valence-electron chi connectivity index (χ4n) is 2.54. The van der Waals surface area contributed by atoms with Gasteiger partial charge in [-0.15, -0.1) is 0 Å². The fraction of sp³-hybridized carbons (Fsp3) is 0.190. The number of amides is 1. The highest BCUT2D eigenvalue weighted by Gasteiger charge is 2.11. The number of ether oxygens (including phenoxy) is 1. The highest BCUT2D eigenvalue weighted by atomic mass is 32.2. The number of pyridine rings is 1. The Kier molecular flexibility index (Phi) is 5.94. The summed E-state index contributed by atoms with van der Waals surface area (Å²) >= 11 is 1.25. The molecule has 0 spiro atoms. The van der Waals surface area contributed by atoms with E-state index in [9.17, 15) is 10.1 Å². The molecule has 136 valence electrons. The van der Waals surface area contributed by atoms with E-state index in [0.717, 1.165) is 27.9 Å². The summed E-state index contributed by atoms with van der Waals surface area (Å²) in [5.74, 6) is 0.764. The van der Waals surface area contributed by atoms with Crippen molar-refractivity contribution in [2.24, 2.45) is 0 Å². The molecule has 2 aromatic carbocycles. The molecular weight excluding hydrogens is 358 g/mol. The van der Waals surface area contributed by atoms with Crippen LogP contribution >= 0.6 is 11.8 Å². The van der Waals surface area contributed by atoms with Gasteiger partial charge in [-0.1, -0.05) is 29.5 Å². The van der Waals surface area contributed by atoms with E-state index < -0.39 is 0 Å². The van der Waals surface area contributed by atoms with Crippen LogP contribution in [0.3, 0.4) is 0 Å². The van der Waals surface area contributed by atoms with E-state index in [1.807, 2.05) is 56.3 Å². The average Bonchev–Trinajstić information content (AvgIpc) is 2.67. The molecule has 0 fully saturated rings. The Bertz CT molecular complexity index is 1010. The molecule has 0 atom stereocenters. The number of nitrogens with zero attached hydrogens (tertiary/aromatic N) is 2. The molecule has 0 saturated heterocycles. The maximum atomic E-state index is 12.2. The number of nitriles is 1. The van der Waals surface area contributed by atoms with Gasteiger partial charge < -0.3 is 10.1 Å². The standard InChI is InChI=1S/C21H19N3O2S/c1-3-26-18-9-6-15-10-16(12-22)21(24-19(15)11-18)27-13-20(25)23-17-7-4-14(2)5-8-17/h4-11H,3,13H2,1-2H3,(H,23,25). The van der Waals surface area contributed by atoms with Gasteiger partial charge in [-0.25, -0.2) is 4.98 Å². The molecule has 27 heavy (non-hydrogen) atoms. The number of aryl methyl sites for hydroxylation is 1. The van der Waals surface area contributed by atoms with E-state index in [0.29, 0.717) is 17.2 Å². The molecule has 1 amide bonds. The highest BCUT2D eigenvalue weighted by Crippen LogP contribution is 2.27. The topological polar surface area (TPSA) is 75.0 Å². The van der Waals surface area contributed by atoms with Crippen LogP contribution in [0.25, 0.3) is 10.9 Å². The Morgan fingerprint density at radius 3 is 2.70 bits per heavy atom. The molecule has 0 aliphatic carbocycles. The Labute approximate surface area is 162 Å². The molecule has 1 N–H and O–H groups in total. The van der Waals surface area contributed by atoms with Crippen LogP contribution in [0.2, 0.25) is 0 Å². The van der Waals surface area contributed by atoms with Crippen molar-refractivity contribution >= 4 is 34.3 Å². The Morgan fingerprint density at radius 2 is 2.00 bits per heavy atom.